The lowest BCUT2D eigenvalue weighted by Crippen LogP contribution is -2.00. The number of hydrogen-bond acceptors (Lipinski definition) is 3. The Hall–Kier alpha value is -3.01. The van der Waals surface area contributed by atoms with Crippen LogP contribution in [0.1, 0.15) is 11.3 Å². The highest BCUT2D eigenvalue weighted by molar-refractivity contribution is 5.85. The van der Waals surface area contributed by atoms with Crippen LogP contribution >= 0.6 is 0 Å². The van der Waals surface area contributed by atoms with Crippen LogP contribution in [0.5, 0.6) is 5.75 Å². The largest absolute Gasteiger partial charge is 0.487 e. The Bertz CT molecular complexity index is 1040. The van der Waals surface area contributed by atoms with Crippen LogP contribution in [0.4, 0.5) is 4.39 Å². The molecule has 3 nitrogen and oxygen atoms in total. The summed E-state index contributed by atoms with van der Waals surface area (Å²) in [5.41, 5.74) is 3.24. The highest BCUT2D eigenvalue weighted by Crippen LogP contribution is 2.26. The number of hydrogen-bond donors (Lipinski definition) is 0. The number of para-hydroxylation sites is 1. The molecule has 0 saturated carbocycles. The van der Waals surface area contributed by atoms with Crippen molar-refractivity contribution >= 4 is 21.8 Å². The molecule has 0 atom stereocenters. The van der Waals surface area contributed by atoms with E-state index in [0.717, 1.165) is 22.2 Å². The minimum atomic E-state index is -0.274. The van der Waals surface area contributed by atoms with Gasteiger partial charge in [0.2, 0.25) is 0 Å². The number of nitrogens with zero attached hydrogens (tertiary/aromatic N) is 2. The average Bonchev–Trinajstić information content (AvgIpc) is 2.61. The van der Waals surface area contributed by atoms with Crippen LogP contribution in [0.2, 0.25) is 0 Å². The second-order valence-corrected chi connectivity index (χ2v) is 5.68. The first-order valence-electron chi connectivity index (χ1n) is 7.74. The Morgan fingerprint density at radius 3 is 2.79 bits per heavy atom. The van der Waals surface area contributed by atoms with Crippen molar-refractivity contribution in [1.82, 2.24) is 9.97 Å². The number of benzene rings is 2. The topological polar surface area (TPSA) is 35.0 Å². The fourth-order valence-corrected chi connectivity index (χ4v) is 2.80. The Kier molecular flexibility index (Phi) is 3.58. The third-order valence-corrected chi connectivity index (χ3v) is 4.01. The van der Waals surface area contributed by atoms with E-state index >= 15 is 0 Å². The Morgan fingerprint density at radius 2 is 1.88 bits per heavy atom. The minimum absolute atomic E-state index is 0.274. The van der Waals surface area contributed by atoms with Crippen molar-refractivity contribution in [2.24, 2.45) is 0 Å². The Labute approximate surface area is 138 Å². The molecule has 4 aromatic rings. The van der Waals surface area contributed by atoms with Crippen LogP contribution in [0, 0.1) is 12.7 Å². The standard InChI is InChI=1S/C20H15FN2O/c1-13-7-8-14-4-2-6-18(20(14)23-13)24-12-15-9-10-17(21)16-5-3-11-22-19(15)16/h2-11H,12H2,1H3. The first-order valence-corrected chi connectivity index (χ1v) is 7.74. The van der Waals surface area contributed by atoms with Crippen LogP contribution in [-0.2, 0) is 6.61 Å². The Morgan fingerprint density at radius 1 is 0.958 bits per heavy atom. The SMILES string of the molecule is Cc1ccc2cccc(OCc3ccc(F)c4cccnc34)c2n1. The molecule has 0 spiro atoms. The van der Waals surface area contributed by atoms with E-state index in [1.165, 1.54) is 6.07 Å². The van der Waals surface area contributed by atoms with Crippen molar-refractivity contribution in [2.45, 2.75) is 13.5 Å². The van der Waals surface area contributed by atoms with Crippen LogP contribution in [-0.4, -0.2) is 9.97 Å². The molecule has 118 valence electrons. The van der Waals surface area contributed by atoms with E-state index < -0.39 is 0 Å². The van der Waals surface area contributed by atoms with Crippen molar-refractivity contribution in [2.75, 3.05) is 0 Å². The van der Waals surface area contributed by atoms with Crippen molar-refractivity contribution in [3.05, 3.63) is 77.9 Å². The predicted molar refractivity (Wildman–Crippen MR) is 92.5 cm³/mol. The van der Waals surface area contributed by atoms with Gasteiger partial charge in [-0.3, -0.25) is 4.98 Å². The molecule has 2 aromatic heterocycles. The van der Waals surface area contributed by atoms with Gasteiger partial charge in [-0.25, -0.2) is 9.37 Å². The van der Waals surface area contributed by atoms with Gasteiger partial charge in [0.25, 0.3) is 0 Å². The van der Waals surface area contributed by atoms with E-state index in [4.69, 9.17) is 4.74 Å². The van der Waals surface area contributed by atoms with Crippen LogP contribution in [0.15, 0.2) is 60.8 Å². The second-order valence-electron chi connectivity index (χ2n) is 5.68. The predicted octanol–water partition coefficient (Wildman–Crippen LogP) is 4.81. The Balaban J connectivity index is 1.71. The molecule has 0 amide bonds. The molecule has 4 heteroatoms. The second kappa shape index (κ2) is 5.89. The summed E-state index contributed by atoms with van der Waals surface area (Å²) in [6, 6.07) is 16.5. The normalized spacial score (nSPS) is 11.1. The smallest absolute Gasteiger partial charge is 0.146 e. The zero-order valence-corrected chi connectivity index (χ0v) is 13.2. The molecule has 0 radical (unpaired) electrons. The summed E-state index contributed by atoms with van der Waals surface area (Å²) >= 11 is 0. The fraction of sp³-hybridized carbons (Fsp3) is 0.100. The zero-order chi connectivity index (χ0) is 16.5. The van der Waals surface area contributed by atoms with Gasteiger partial charge in [0.1, 0.15) is 23.7 Å². The van der Waals surface area contributed by atoms with E-state index in [2.05, 4.69) is 9.97 Å². The van der Waals surface area contributed by atoms with Gasteiger partial charge in [0.05, 0.1) is 5.52 Å². The quantitative estimate of drug-likeness (QED) is 0.544. The summed E-state index contributed by atoms with van der Waals surface area (Å²) in [5, 5.41) is 1.53. The summed E-state index contributed by atoms with van der Waals surface area (Å²) in [5.74, 6) is 0.439. The van der Waals surface area contributed by atoms with E-state index in [9.17, 15) is 4.39 Å². The molecule has 2 aromatic carbocycles. The van der Waals surface area contributed by atoms with Gasteiger partial charge in [-0.05, 0) is 37.3 Å². The lowest BCUT2D eigenvalue weighted by Gasteiger charge is -2.11. The molecule has 0 aliphatic heterocycles. The number of fused-ring (bicyclic) bond motifs is 2. The van der Waals surface area contributed by atoms with Crippen LogP contribution in [0.3, 0.4) is 0 Å². The van der Waals surface area contributed by atoms with Crippen LogP contribution in [0.25, 0.3) is 21.8 Å². The number of rotatable bonds is 3. The maximum absolute atomic E-state index is 13.9. The monoisotopic (exact) mass is 318 g/mol. The maximum Gasteiger partial charge on any atom is 0.146 e. The van der Waals surface area contributed by atoms with Gasteiger partial charge in [-0.1, -0.05) is 24.3 Å². The maximum atomic E-state index is 13.9. The molecule has 0 saturated heterocycles. The number of pyridine rings is 2. The van der Waals surface area contributed by atoms with Crippen molar-refractivity contribution in [3.63, 3.8) is 0 Å². The van der Waals surface area contributed by atoms with Crippen molar-refractivity contribution in [3.8, 4) is 5.75 Å². The summed E-state index contributed by atoms with van der Waals surface area (Å²) < 4.78 is 19.9. The molecule has 0 fully saturated rings. The van der Waals surface area contributed by atoms with Crippen molar-refractivity contribution < 1.29 is 9.13 Å². The third-order valence-electron chi connectivity index (χ3n) is 4.01. The van der Waals surface area contributed by atoms with Gasteiger partial charge < -0.3 is 4.74 Å². The number of halogens is 1. The lowest BCUT2D eigenvalue weighted by atomic mass is 10.1. The molecule has 0 aliphatic carbocycles. The molecule has 0 bridgehead atoms. The molecule has 0 N–H and O–H groups in total. The summed E-state index contributed by atoms with van der Waals surface area (Å²) in [6.45, 7) is 2.26. The number of ether oxygens (including phenoxy) is 1. The third kappa shape index (κ3) is 2.56. The zero-order valence-electron chi connectivity index (χ0n) is 13.2. The minimum Gasteiger partial charge on any atom is -0.487 e. The molecule has 2 heterocycles. The average molecular weight is 318 g/mol. The first kappa shape index (κ1) is 14.6. The van der Waals surface area contributed by atoms with E-state index in [0.29, 0.717) is 23.3 Å². The summed E-state index contributed by atoms with van der Waals surface area (Å²) in [6.07, 6.45) is 1.66. The highest BCUT2D eigenvalue weighted by Gasteiger charge is 2.09. The van der Waals surface area contributed by atoms with Crippen LogP contribution < -0.4 is 4.74 Å². The van der Waals surface area contributed by atoms with Gasteiger partial charge in [-0.2, -0.15) is 0 Å². The molecule has 0 aliphatic rings. The van der Waals surface area contributed by atoms with Gasteiger partial charge in [-0.15, -0.1) is 0 Å². The van der Waals surface area contributed by atoms with Gasteiger partial charge in [0, 0.05) is 28.2 Å². The van der Waals surface area contributed by atoms with E-state index in [-0.39, 0.29) is 5.82 Å². The molecule has 0 unspecified atom stereocenters. The number of aromatic nitrogens is 2. The lowest BCUT2D eigenvalue weighted by molar-refractivity contribution is 0.310. The highest BCUT2D eigenvalue weighted by atomic mass is 19.1. The van der Waals surface area contributed by atoms with Gasteiger partial charge in [0.15, 0.2) is 0 Å². The number of aryl methyl sites for hydroxylation is 1. The molecular weight excluding hydrogens is 303 g/mol. The fourth-order valence-electron chi connectivity index (χ4n) is 2.80. The van der Waals surface area contributed by atoms with E-state index in [1.54, 1.807) is 24.4 Å². The van der Waals surface area contributed by atoms with E-state index in [1.807, 2.05) is 37.3 Å². The summed E-state index contributed by atoms with van der Waals surface area (Å²) in [7, 11) is 0. The molecule has 24 heavy (non-hydrogen) atoms. The first-order chi connectivity index (χ1) is 11.7. The van der Waals surface area contributed by atoms with Crippen molar-refractivity contribution in [1.29, 1.82) is 0 Å². The van der Waals surface area contributed by atoms with Gasteiger partial charge >= 0.3 is 0 Å². The molecule has 4 rings (SSSR count). The molecular formula is C20H15FN2O. The summed E-state index contributed by atoms with van der Waals surface area (Å²) in [4.78, 5) is 8.86.